The lowest BCUT2D eigenvalue weighted by atomic mass is 10.1. The van der Waals surface area contributed by atoms with Crippen LogP contribution in [0, 0.1) is 5.41 Å². The van der Waals surface area contributed by atoms with Crippen LogP contribution in [0.4, 0.5) is 18.9 Å². The highest BCUT2D eigenvalue weighted by Crippen LogP contribution is 2.47. The van der Waals surface area contributed by atoms with Crippen LogP contribution in [0.5, 0.6) is 0 Å². The second-order valence-electron chi connectivity index (χ2n) is 4.59. The number of anilines is 1. The first-order chi connectivity index (χ1) is 9.17. The molecule has 0 spiro atoms. The van der Waals surface area contributed by atoms with Crippen molar-refractivity contribution in [2.24, 2.45) is 11.1 Å². The number of carbonyl (C=O) groups is 1. The number of nitrogens with two attached hydrogens (primary N) is 1. The van der Waals surface area contributed by atoms with Gasteiger partial charge in [-0.05, 0) is 31.0 Å². The van der Waals surface area contributed by atoms with Gasteiger partial charge >= 0.3 is 6.18 Å². The lowest BCUT2D eigenvalue weighted by molar-refractivity contribution is -0.137. The zero-order valence-electron chi connectivity index (χ0n) is 10.1. The minimum atomic E-state index is -4.48. The molecule has 108 valence electrons. The van der Waals surface area contributed by atoms with E-state index in [4.69, 9.17) is 29.6 Å². The first kappa shape index (κ1) is 15.1. The van der Waals surface area contributed by atoms with Gasteiger partial charge in [0, 0.05) is 0 Å². The molecule has 3 nitrogen and oxygen atoms in total. The van der Waals surface area contributed by atoms with Crippen LogP contribution in [-0.4, -0.2) is 10.9 Å². The zero-order valence-corrected chi connectivity index (χ0v) is 11.6. The van der Waals surface area contributed by atoms with E-state index >= 15 is 0 Å². The van der Waals surface area contributed by atoms with E-state index in [-0.39, 0.29) is 15.7 Å². The second kappa shape index (κ2) is 4.89. The van der Waals surface area contributed by atoms with E-state index in [2.05, 4.69) is 5.32 Å². The van der Waals surface area contributed by atoms with Crippen molar-refractivity contribution in [3.05, 3.63) is 28.8 Å². The summed E-state index contributed by atoms with van der Waals surface area (Å²) >= 11 is 10.6. The Balaban J connectivity index is 2.19. The highest BCUT2D eigenvalue weighted by Gasteiger charge is 2.52. The summed E-state index contributed by atoms with van der Waals surface area (Å²) in [4.78, 5) is 12.1. The summed E-state index contributed by atoms with van der Waals surface area (Å²) in [6, 6.07) is 2.72. The number of alkyl halides is 3. The molecule has 0 atom stereocenters. The third-order valence-corrected chi connectivity index (χ3v) is 3.90. The van der Waals surface area contributed by atoms with Crippen LogP contribution < -0.4 is 11.1 Å². The van der Waals surface area contributed by atoms with Crippen LogP contribution in [0.1, 0.15) is 18.4 Å². The molecule has 1 aromatic rings. The number of hydrogen-bond donors (Lipinski definition) is 2. The Morgan fingerprint density at radius 3 is 2.40 bits per heavy atom. The number of amides is 1. The van der Waals surface area contributed by atoms with Crippen molar-refractivity contribution in [1.82, 2.24) is 0 Å². The fourth-order valence-electron chi connectivity index (χ4n) is 1.75. The molecule has 0 heterocycles. The molecule has 3 N–H and O–H groups in total. The van der Waals surface area contributed by atoms with E-state index in [1.165, 1.54) is 0 Å². The van der Waals surface area contributed by atoms with Crippen LogP contribution in [-0.2, 0) is 11.0 Å². The molecule has 0 unspecified atom stereocenters. The molecule has 0 saturated heterocycles. The standard InChI is InChI=1S/C12H10ClF3N2OS/c13-7-5-6(12(14,15)16)1-2-8(7)18-10(19)11(3-4-11)9(17)20/h1-2,5H,3-4H2,(H2,17,20)(H,18,19). The van der Waals surface area contributed by atoms with E-state index in [1.54, 1.807) is 0 Å². The Bertz CT molecular complexity index is 585. The number of hydrogen-bond acceptors (Lipinski definition) is 2. The predicted octanol–water partition coefficient (Wildman–Crippen LogP) is 3.36. The largest absolute Gasteiger partial charge is 0.416 e. The van der Waals surface area contributed by atoms with Crippen molar-refractivity contribution in [2.75, 3.05) is 5.32 Å². The maximum Gasteiger partial charge on any atom is 0.416 e. The summed E-state index contributed by atoms with van der Waals surface area (Å²) in [5, 5.41) is 2.28. The molecule has 1 amide bonds. The molecular weight excluding hydrogens is 313 g/mol. The number of halogens is 4. The Morgan fingerprint density at radius 2 is 2.00 bits per heavy atom. The average Bonchev–Trinajstić information content (AvgIpc) is 3.11. The van der Waals surface area contributed by atoms with Crippen molar-refractivity contribution in [2.45, 2.75) is 19.0 Å². The van der Waals surface area contributed by atoms with Crippen LogP contribution in [0.15, 0.2) is 18.2 Å². The van der Waals surface area contributed by atoms with Gasteiger partial charge in [0.05, 0.1) is 26.7 Å². The molecule has 1 aliphatic carbocycles. The molecule has 0 aliphatic heterocycles. The summed E-state index contributed by atoms with van der Waals surface area (Å²) < 4.78 is 37.5. The molecule has 2 rings (SSSR count). The normalized spacial score (nSPS) is 16.6. The van der Waals surface area contributed by atoms with Gasteiger partial charge in [-0.3, -0.25) is 4.79 Å². The maximum absolute atomic E-state index is 12.5. The smallest absolute Gasteiger partial charge is 0.392 e. The molecule has 1 saturated carbocycles. The number of nitrogens with one attached hydrogen (secondary N) is 1. The highest BCUT2D eigenvalue weighted by molar-refractivity contribution is 7.80. The van der Waals surface area contributed by atoms with E-state index in [1.807, 2.05) is 0 Å². The van der Waals surface area contributed by atoms with Crippen molar-refractivity contribution in [3.63, 3.8) is 0 Å². The van der Waals surface area contributed by atoms with Gasteiger partial charge in [-0.1, -0.05) is 23.8 Å². The van der Waals surface area contributed by atoms with Crippen LogP contribution in [0.2, 0.25) is 5.02 Å². The molecule has 0 radical (unpaired) electrons. The van der Waals surface area contributed by atoms with E-state index < -0.39 is 23.1 Å². The fourth-order valence-corrected chi connectivity index (χ4v) is 2.27. The van der Waals surface area contributed by atoms with Gasteiger partial charge < -0.3 is 11.1 Å². The van der Waals surface area contributed by atoms with E-state index in [0.29, 0.717) is 12.8 Å². The van der Waals surface area contributed by atoms with Crippen LogP contribution in [0.25, 0.3) is 0 Å². The first-order valence-corrected chi connectivity index (χ1v) is 6.43. The molecule has 1 fully saturated rings. The molecule has 0 aromatic heterocycles. The lowest BCUT2D eigenvalue weighted by Gasteiger charge is -2.15. The second-order valence-corrected chi connectivity index (χ2v) is 5.44. The third kappa shape index (κ3) is 2.73. The maximum atomic E-state index is 12.5. The van der Waals surface area contributed by atoms with Crippen LogP contribution >= 0.6 is 23.8 Å². The summed E-state index contributed by atoms with van der Waals surface area (Å²) in [6.45, 7) is 0. The van der Waals surface area contributed by atoms with Gasteiger partial charge in [-0.25, -0.2) is 0 Å². The Kier molecular flexibility index (Phi) is 3.68. The number of carbonyl (C=O) groups excluding carboxylic acids is 1. The average molecular weight is 323 g/mol. The number of rotatable bonds is 3. The van der Waals surface area contributed by atoms with Gasteiger partial charge in [-0.15, -0.1) is 0 Å². The molecule has 20 heavy (non-hydrogen) atoms. The Morgan fingerprint density at radius 1 is 1.40 bits per heavy atom. The van der Waals surface area contributed by atoms with Gasteiger partial charge in [0.2, 0.25) is 5.91 Å². The molecule has 8 heteroatoms. The molecular formula is C12H10ClF3N2OS. The topological polar surface area (TPSA) is 55.1 Å². The molecule has 1 aromatic carbocycles. The number of benzene rings is 1. The minimum Gasteiger partial charge on any atom is -0.392 e. The summed E-state index contributed by atoms with van der Waals surface area (Å²) in [6.07, 6.45) is -3.42. The van der Waals surface area contributed by atoms with Gasteiger partial charge in [0.25, 0.3) is 0 Å². The number of thiocarbonyl (C=S) groups is 1. The SMILES string of the molecule is NC(=S)C1(C(=O)Nc2ccc(C(F)(F)F)cc2Cl)CC1. The molecule has 0 bridgehead atoms. The lowest BCUT2D eigenvalue weighted by Crippen LogP contribution is -2.35. The van der Waals surface area contributed by atoms with Gasteiger partial charge in [0.1, 0.15) is 0 Å². The van der Waals surface area contributed by atoms with E-state index in [0.717, 1.165) is 18.2 Å². The zero-order chi connectivity index (χ0) is 15.1. The quantitative estimate of drug-likeness (QED) is 0.839. The van der Waals surface area contributed by atoms with Gasteiger partial charge in [0.15, 0.2) is 0 Å². The highest BCUT2D eigenvalue weighted by atomic mass is 35.5. The summed E-state index contributed by atoms with van der Waals surface area (Å²) in [5.41, 5.74) is 3.83. The van der Waals surface area contributed by atoms with E-state index in [9.17, 15) is 18.0 Å². The van der Waals surface area contributed by atoms with Crippen molar-refractivity contribution in [1.29, 1.82) is 0 Å². The third-order valence-electron chi connectivity index (χ3n) is 3.20. The Hall–Kier alpha value is -1.34. The predicted molar refractivity (Wildman–Crippen MR) is 73.5 cm³/mol. The van der Waals surface area contributed by atoms with Crippen molar-refractivity contribution in [3.8, 4) is 0 Å². The summed E-state index contributed by atoms with van der Waals surface area (Å²) in [5.74, 6) is -0.438. The van der Waals surface area contributed by atoms with Gasteiger partial charge in [-0.2, -0.15) is 13.2 Å². The van der Waals surface area contributed by atoms with Crippen LogP contribution in [0.3, 0.4) is 0 Å². The van der Waals surface area contributed by atoms with Crippen molar-refractivity contribution >= 4 is 40.4 Å². The molecule has 1 aliphatic rings. The first-order valence-electron chi connectivity index (χ1n) is 5.65. The monoisotopic (exact) mass is 322 g/mol. The Labute approximate surface area is 123 Å². The fraction of sp³-hybridized carbons (Fsp3) is 0.333. The minimum absolute atomic E-state index is 0.0815. The summed E-state index contributed by atoms with van der Waals surface area (Å²) in [7, 11) is 0. The van der Waals surface area contributed by atoms with Crippen molar-refractivity contribution < 1.29 is 18.0 Å².